The van der Waals surface area contributed by atoms with Crippen molar-refractivity contribution in [1.82, 2.24) is 5.32 Å². The molecule has 1 aromatic heterocycles. The molecule has 0 aromatic carbocycles. The zero-order chi connectivity index (χ0) is 9.84. The number of carbonyl (C=O) groups excluding carboxylic acids is 1. The van der Waals surface area contributed by atoms with E-state index in [1.165, 1.54) is 18.3 Å². The lowest BCUT2D eigenvalue weighted by molar-refractivity contribution is -0.120. The average molecular weight is 264 g/mol. The van der Waals surface area contributed by atoms with Gasteiger partial charge < -0.3 is 10.4 Å². The smallest absolute Gasteiger partial charge is 0.217 e. The monoisotopic (exact) mass is 263 g/mol. The molecular weight excluding hydrogens is 254 g/mol. The van der Waals surface area contributed by atoms with Crippen LogP contribution in [-0.4, -0.2) is 17.6 Å². The number of aliphatic hydroxyl groups is 1. The van der Waals surface area contributed by atoms with E-state index in [-0.39, 0.29) is 18.6 Å². The summed E-state index contributed by atoms with van der Waals surface area (Å²) in [6.45, 7) is 1.36. The lowest BCUT2D eigenvalue weighted by atomic mass is 10.2. The van der Waals surface area contributed by atoms with Gasteiger partial charge in [-0.25, -0.2) is 0 Å². The summed E-state index contributed by atoms with van der Waals surface area (Å²) in [5, 5.41) is 11.7. The first-order valence-corrected chi connectivity index (χ1v) is 5.37. The molecule has 0 saturated carbocycles. The Bertz CT molecular complexity index is 300. The van der Waals surface area contributed by atoms with Crippen LogP contribution >= 0.6 is 27.3 Å². The van der Waals surface area contributed by atoms with E-state index in [1.807, 2.05) is 12.1 Å². The highest BCUT2D eigenvalue weighted by Crippen LogP contribution is 2.26. The molecule has 0 spiro atoms. The third-order valence-corrected chi connectivity index (χ3v) is 3.23. The summed E-state index contributed by atoms with van der Waals surface area (Å²) < 4.78 is 0.992. The molecule has 2 N–H and O–H groups in total. The van der Waals surface area contributed by atoms with Crippen LogP contribution in [0, 0.1) is 0 Å². The largest absolute Gasteiger partial charge is 0.394 e. The van der Waals surface area contributed by atoms with Gasteiger partial charge >= 0.3 is 0 Å². The maximum Gasteiger partial charge on any atom is 0.217 e. The number of thiophene rings is 1. The topological polar surface area (TPSA) is 49.3 Å². The Kier molecular flexibility index (Phi) is 3.90. The van der Waals surface area contributed by atoms with Crippen LogP contribution in [0.1, 0.15) is 17.8 Å². The number of rotatable bonds is 3. The predicted molar refractivity (Wildman–Crippen MR) is 55.7 cm³/mol. The van der Waals surface area contributed by atoms with Crippen LogP contribution in [0.5, 0.6) is 0 Å². The first-order valence-electron chi connectivity index (χ1n) is 3.76. The number of hydrogen-bond acceptors (Lipinski definition) is 3. The molecule has 1 unspecified atom stereocenters. The maximum atomic E-state index is 10.8. The lowest BCUT2D eigenvalue weighted by Crippen LogP contribution is -2.27. The molecule has 0 aliphatic rings. The fraction of sp³-hybridized carbons (Fsp3) is 0.375. The minimum atomic E-state index is -0.284. The van der Waals surface area contributed by atoms with Gasteiger partial charge in [0.05, 0.1) is 16.4 Å². The molecule has 1 amide bonds. The van der Waals surface area contributed by atoms with Crippen molar-refractivity contribution in [2.24, 2.45) is 0 Å². The van der Waals surface area contributed by atoms with Crippen molar-refractivity contribution in [3.8, 4) is 0 Å². The molecule has 0 fully saturated rings. The summed E-state index contributed by atoms with van der Waals surface area (Å²) in [5.74, 6) is -0.136. The quantitative estimate of drug-likeness (QED) is 0.872. The molecule has 1 aromatic rings. The Morgan fingerprint density at radius 1 is 1.77 bits per heavy atom. The number of aliphatic hydroxyl groups excluding tert-OH is 1. The highest BCUT2D eigenvalue weighted by atomic mass is 79.9. The van der Waals surface area contributed by atoms with E-state index in [0.29, 0.717) is 0 Å². The molecule has 13 heavy (non-hydrogen) atoms. The molecule has 0 bridgehead atoms. The number of hydrogen-bond donors (Lipinski definition) is 2. The maximum absolute atomic E-state index is 10.8. The van der Waals surface area contributed by atoms with Gasteiger partial charge in [0.25, 0.3) is 0 Å². The van der Waals surface area contributed by atoms with Crippen LogP contribution in [0.3, 0.4) is 0 Å². The van der Waals surface area contributed by atoms with E-state index in [9.17, 15) is 4.79 Å². The average Bonchev–Trinajstić information content (AvgIpc) is 2.47. The van der Waals surface area contributed by atoms with Crippen molar-refractivity contribution >= 4 is 33.2 Å². The standard InChI is InChI=1S/C8H10BrNO2S/c1-5(12)10-6(4-11)7-2-3-8(9)13-7/h2-3,6,11H,4H2,1H3,(H,10,12). The normalized spacial score (nSPS) is 12.5. The van der Waals surface area contributed by atoms with Gasteiger partial charge in [-0.3, -0.25) is 4.79 Å². The van der Waals surface area contributed by atoms with E-state index >= 15 is 0 Å². The fourth-order valence-electron chi connectivity index (χ4n) is 0.968. The summed E-state index contributed by atoms with van der Waals surface area (Å²) >= 11 is 4.82. The van der Waals surface area contributed by atoms with Crippen LogP contribution in [0.4, 0.5) is 0 Å². The van der Waals surface area contributed by atoms with Gasteiger partial charge in [0.1, 0.15) is 0 Å². The van der Waals surface area contributed by atoms with Crippen LogP contribution < -0.4 is 5.32 Å². The van der Waals surface area contributed by atoms with Crippen molar-refractivity contribution in [1.29, 1.82) is 0 Å². The minimum absolute atomic E-state index is 0.0769. The van der Waals surface area contributed by atoms with Gasteiger partial charge in [0.2, 0.25) is 5.91 Å². The summed E-state index contributed by atoms with van der Waals surface area (Å²) in [6.07, 6.45) is 0. The molecule has 0 aliphatic heterocycles. The first kappa shape index (κ1) is 10.7. The fourth-order valence-corrected chi connectivity index (χ4v) is 2.43. The van der Waals surface area contributed by atoms with Crippen LogP contribution in [0.25, 0.3) is 0 Å². The third kappa shape index (κ3) is 3.10. The lowest BCUT2D eigenvalue weighted by Gasteiger charge is -2.12. The number of nitrogens with one attached hydrogen (secondary N) is 1. The highest BCUT2D eigenvalue weighted by Gasteiger charge is 2.12. The summed E-state index contributed by atoms with van der Waals surface area (Å²) in [4.78, 5) is 11.7. The highest BCUT2D eigenvalue weighted by molar-refractivity contribution is 9.11. The second kappa shape index (κ2) is 4.74. The summed E-state index contributed by atoms with van der Waals surface area (Å²) in [6, 6.07) is 3.49. The van der Waals surface area contributed by atoms with Gasteiger partial charge in [-0.15, -0.1) is 11.3 Å². The Morgan fingerprint density at radius 2 is 2.46 bits per heavy atom. The minimum Gasteiger partial charge on any atom is -0.394 e. The van der Waals surface area contributed by atoms with E-state index in [0.717, 1.165) is 8.66 Å². The molecule has 0 saturated heterocycles. The molecule has 1 rings (SSSR count). The molecule has 5 heteroatoms. The summed E-state index contributed by atoms with van der Waals surface area (Å²) in [7, 11) is 0. The predicted octanol–water partition coefficient (Wildman–Crippen LogP) is 1.68. The van der Waals surface area contributed by atoms with E-state index < -0.39 is 0 Å². The second-order valence-electron chi connectivity index (χ2n) is 2.58. The van der Waals surface area contributed by atoms with Crippen molar-refractivity contribution in [2.45, 2.75) is 13.0 Å². The van der Waals surface area contributed by atoms with Gasteiger partial charge in [-0.05, 0) is 28.1 Å². The molecule has 0 radical (unpaired) electrons. The van der Waals surface area contributed by atoms with Crippen molar-refractivity contribution in [2.75, 3.05) is 6.61 Å². The molecule has 3 nitrogen and oxygen atoms in total. The van der Waals surface area contributed by atoms with Crippen LogP contribution in [0.15, 0.2) is 15.9 Å². The van der Waals surface area contributed by atoms with Gasteiger partial charge in [0.15, 0.2) is 0 Å². The SMILES string of the molecule is CC(=O)NC(CO)c1ccc(Br)s1. The van der Waals surface area contributed by atoms with Crippen molar-refractivity contribution in [3.63, 3.8) is 0 Å². The van der Waals surface area contributed by atoms with Crippen LogP contribution in [0.2, 0.25) is 0 Å². The molecule has 0 aliphatic carbocycles. The van der Waals surface area contributed by atoms with E-state index in [4.69, 9.17) is 5.11 Å². The number of amides is 1. The number of carbonyl (C=O) groups is 1. The van der Waals surface area contributed by atoms with E-state index in [2.05, 4.69) is 21.2 Å². The van der Waals surface area contributed by atoms with Gasteiger partial charge in [-0.2, -0.15) is 0 Å². The third-order valence-electron chi connectivity index (χ3n) is 1.50. The molecule has 1 atom stereocenters. The Hall–Kier alpha value is -0.390. The zero-order valence-corrected chi connectivity index (χ0v) is 9.48. The Balaban J connectivity index is 2.72. The van der Waals surface area contributed by atoms with Crippen molar-refractivity contribution in [3.05, 3.63) is 20.8 Å². The Labute approximate surface area is 88.9 Å². The van der Waals surface area contributed by atoms with Crippen molar-refractivity contribution < 1.29 is 9.90 Å². The molecule has 1 heterocycles. The Morgan fingerprint density at radius 3 is 2.85 bits per heavy atom. The zero-order valence-electron chi connectivity index (χ0n) is 7.08. The molecule has 72 valence electrons. The van der Waals surface area contributed by atoms with E-state index in [1.54, 1.807) is 0 Å². The second-order valence-corrected chi connectivity index (χ2v) is 5.07. The van der Waals surface area contributed by atoms with Gasteiger partial charge in [0, 0.05) is 11.8 Å². The number of halogens is 1. The first-order chi connectivity index (χ1) is 6.13. The van der Waals surface area contributed by atoms with Crippen LogP contribution in [-0.2, 0) is 4.79 Å². The molecular formula is C8H10BrNO2S. The summed E-state index contributed by atoms with van der Waals surface area (Å²) in [5.41, 5.74) is 0. The van der Waals surface area contributed by atoms with Gasteiger partial charge in [-0.1, -0.05) is 0 Å².